The number of aromatic nitrogens is 5. The predicted octanol–water partition coefficient (Wildman–Crippen LogP) is 3.19. The SMILES string of the molecule is Cc1nc2c(c(C3CC3)nn2C(C)c2ccc(C3CC3)cn2)c(=O)[nH]1. The summed E-state index contributed by atoms with van der Waals surface area (Å²) in [7, 11) is 0. The van der Waals surface area contributed by atoms with Gasteiger partial charge in [-0.25, -0.2) is 9.67 Å². The lowest BCUT2D eigenvalue weighted by Crippen LogP contribution is -2.14. The number of aryl methyl sites for hydroxylation is 1. The summed E-state index contributed by atoms with van der Waals surface area (Å²) in [6, 6.07) is 4.20. The molecule has 0 saturated heterocycles. The smallest absolute Gasteiger partial charge is 0.262 e. The molecular weight excluding hydrogens is 314 g/mol. The van der Waals surface area contributed by atoms with Crippen molar-refractivity contribution in [1.29, 1.82) is 0 Å². The van der Waals surface area contributed by atoms with Crippen molar-refractivity contribution in [2.45, 2.75) is 57.4 Å². The average molecular weight is 335 g/mol. The van der Waals surface area contributed by atoms with E-state index < -0.39 is 0 Å². The van der Waals surface area contributed by atoms with Gasteiger partial charge in [-0.1, -0.05) is 6.07 Å². The van der Waals surface area contributed by atoms with E-state index >= 15 is 0 Å². The molecule has 3 aromatic heterocycles. The summed E-state index contributed by atoms with van der Waals surface area (Å²) in [5.74, 6) is 1.71. The predicted molar refractivity (Wildman–Crippen MR) is 94.9 cm³/mol. The van der Waals surface area contributed by atoms with Crippen molar-refractivity contribution in [2.75, 3.05) is 0 Å². The van der Waals surface area contributed by atoms with Crippen LogP contribution in [0.5, 0.6) is 0 Å². The van der Waals surface area contributed by atoms with Gasteiger partial charge in [0, 0.05) is 12.1 Å². The normalized spacial score (nSPS) is 18.6. The monoisotopic (exact) mass is 335 g/mol. The highest BCUT2D eigenvalue weighted by Crippen LogP contribution is 2.42. The largest absolute Gasteiger partial charge is 0.310 e. The second-order valence-electron chi connectivity index (χ2n) is 7.42. The molecule has 2 saturated carbocycles. The van der Waals surface area contributed by atoms with Crippen LogP contribution in [0, 0.1) is 6.92 Å². The summed E-state index contributed by atoms with van der Waals surface area (Å²) in [6.45, 7) is 3.88. The molecule has 6 nitrogen and oxygen atoms in total. The Hall–Kier alpha value is -2.50. The number of aromatic amines is 1. The molecule has 25 heavy (non-hydrogen) atoms. The number of nitrogens with zero attached hydrogens (tertiary/aromatic N) is 4. The molecule has 0 aromatic carbocycles. The molecule has 3 aromatic rings. The fourth-order valence-electron chi connectivity index (χ4n) is 3.54. The van der Waals surface area contributed by atoms with Gasteiger partial charge in [-0.15, -0.1) is 0 Å². The van der Waals surface area contributed by atoms with Gasteiger partial charge in [0.25, 0.3) is 5.56 Å². The lowest BCUT2D eigenvalue weighted by atomic mass is 10.1. The van der Waals surface area contributed by atoms with Crippen LogP contribution >= 0.6 is 0 Å². The molecule has 0 radical (unpaired) electrons. The van der Waals surface area contributed by atoms with Gasteiger partial charge in [-0.2, -0.15) is 5.10 Å². The first-order valence-corrected chi connectivity index (χ1v) is 9.06. The summed E-state index contributed by atoms with van der Waals surface area (Å²) < 4.78 is 1.88. The minimum absolute atomic E-state index is 0.0584. The molecule has 3 heterocycles. The average Bonchev–Trinajstić information content (AvgIpc) is 3.51. The van der Waals surface area contributed by atoms with Crippen molar-refractivity contribution >= 4 is 11.0 Å². The maximum Gasteiger partial charge on any atom is 0.262 e. The van der Waals surface area contributed by atoms with Crippen molar-refractivity contribution in [2.24, 2.45) is 0 Å². The highest BCUT2D eigenvalue weighted by molar-refractivity contribution is 5.78. The van der Waals surface area contributed by atoms with Crippen LogP contribution in [0.1, 0.15) is 73.3 Å². The second kappa shape index (κ2) is 5.25. The highest BCUT2D eigenvalue weighted by atomic mass is 16.1. The zero-order valence-corrected chi connectivity index (χ0v) is 14.5. The van der Waals surface area contributed by atoms with E-state index in [0.717, 1.165) is 24.2 Å². The molecule has 0 aliphatic heterocycles. The maximum atomic E-state index is 12.5. The Morgan fingerprint density at radius 2 is 1.96 bits per heavy atom. The molecule has 128 valence electrons. The molecule has 0 amide bonds. The molecule has 0 bridgehead atoms. The first-order valence-electron chi connectivity index (χ1n) is 9.06. The van der Waals surface area contributed by atoms with Crippen LogP contribution in [-0.2, 0) is 0 Å². The van der Waals surface area contributed by atoms with E-state index in [4.69, 9.17) is 5.10 Å². The van der Waals surface area contributed by atoms with E-state index in [0.29, 0.717) is 28.7 Å². The fraction of sp³-hybridized carbons (Fsp3) is 0.474. The molecule has 1 N–H and O–H groups in total. The Labute approximate surface area is 145 Å². The summed E-state index contributed by atoms with van der Waals surface area (Å²) in [4.78, 5) is 24.6. The van der Waals surface area contributed by atoms with Gasteiger partial charge in [0.05, 0.1) is 17.4 Å². The lowest BCUT2D eigenvalue weighted by molar-refractivity contribution is 0.557. The van der Waals surface area contributed by atoms with E-state index in [-0.39, 0.29) is 11.6 Å². The number of fused-ring (bicyclic) bond motifs is 1. The number of hydrogen-bond acceptors (Lipinski definition) is 4. The number of hydrogen-bond donors (Lipinski definition) is 1. The zero-order valence-electron chi connectivity index (χ0n) is 14.5. The van der Waals surface area contributed by atoms with Gasteiger partial charge in [0.15, 0.2) is 5.65 Å². The van der Waals surface area contributed by atoms with Crippen LogP contribution in [0.3, 0.4) is 0 Å². The fourth-order valence-corrected chi connectivity index (χ4v) is 3.54. The zero-order chi connectivity index (χ0) is 17.1. The molecule has 2 aliphatic carbocycles. The van der Waals surface area contributed by atoms with E-state index in [1.165, 1.54) is 18.4 Å². The molecule has 2 fully saturated rings. The number of rotatable bonds is 4. The molecule has 1 atom stereocenters. The number of nitrogens with one attached hydrogen (secondary N) is 1. The van der Waals surface area contributed by atoms with E-state index in [1.54, 1.807) is 0 Å². The van der Waals surface area contributed by atoms with Crippen LogP contribution in [0.25, 0.3) is 11.0 Å². The van der Waals surface area contributed by atoms with Crippen LogP contribution in [-0.4, -0.2) is 24.7 Å². The maximum absolute atomic E-state index is 12.5. The molecule has 5 rings (SSSR count). The third-order valence-electron chi connectivity index (χ3n) is 5.32. The van der Waals surface area contributed by atoms with Crippen LogP contribution in [0.4, 0.5) is 0 Å². The standard InChI is InChI=1S/C19H21N5O/c1-10(15-8-7-14(9-20-15)12-3-4-12)24-18-16(17(23-24)13-5-6-13)19(25)22-11(2)21-18/h7-10,12-13H,3-6H2,1-2H3,(H,21,22,25). The van der Waals surface area contributed by atoms with Gasteiger partial charge in [-0.05, 0) is 57.1 Å². The van der Waals surface area contributed by atoms with Crippen molar-refractivity contribution in [3.05, 3.63) is 51.5 Å². The van der Waals surface area contributed by atoms with Crippen molar-refractivity contribution in [3.63, 3.8) is 0 Å². The topological polar surface area (TPSA) is 76.5 Å². The van der Waals surface area contributed by atoms with Gasteiger partial charge >= 0.3 is 0 Å². The highest BCUT2D eigenvalue weighted by Gasteiger charge is 2.32. The first-order chi connectivity index (χ1) is 12.1. The summed E-state index contributed by atoms with van der Waals surface area (Å²) >= 11 is 0. The van der Waals surface area contributed by atoms with Crippen LogP contribution < -0.4 is 5.56 Å². The molecular formula is C19H21N5O. The van der Waals surface area contributed by atoms with Crippen molar-refractivity contribution in [1.82, 2.24) is 24.7 Å². The minimum Gasteiger partial charge on any atom is -0.310 e. The number of H-pyrrole nitrogens is 1. The third kappa shape index (κ3) is 2.47. The third-order valence-corrected chi connectivity index (χ3v) is 5.32. The van der Waals surface area contributed by atoms with Gasteiger partial charge in [-0.3, -0.25) is 9.78 Å². The second-order valence-corrected chi connectivity index (χ2v) is 7.42. The number of pyridine rings is 1. The van der Waals surface area contributed by atoms with Crippen molar-refractivity contribution in [3.8, 4) is 0 Å². The molecule has 6 heteroatoms. The Bertz CT molecular complexity index is 1010. The van der Waals surface area contributed by atoms with Gasteiger partial charge < -0.3 is 4.98 Å². The Kier molecular flexibility index (Phi) is 3.11. The van der Waals surface area contributed by atoms with Gasteiger partial charge in [0.2, 0.25) is 0 Å². The van der Waals surface area contributed by atoms with E-state index in [2.05, 4.69) is 34.0 Å². The molecule has 1 unspecified atom stereocenters. The molecule has 2 aliphatic rings. The summed E-state index contributed by atoms with van der Waals surface area (Å²) in [6.07, 6.45) is 6.74. The first kappa shape index (κ1) is 14.8. The lowest BCUT2D eigenvalue weighted by Gasteiger charge is -2.13. The van der Waals surface area contributed by atoms with Gasteiger partial charge in [0.1, 0.15) is 11.2 Å². The summed E-state index contributed by atoms with van der Waals surface area (Å²) in [5, 5.41) is 5.44. The van der Waals surface area contributed by atoms with E-state index in [9.17, 15) is 4.79 Å². The Balaban J connectivity index is 1.62. The van der Waals surface area contributed by atoms with Crippen LogP contribution in [0.2, 0.25) is 0 Å². The molecule has 0 spiro atoms. The quantitative estimate of drug-likeness (QED) is 0.794. The van der Waals surface area contributed by atoms with Crippen LogP contribution in [0.15, 0.2) is 23.1 Å². The Morgan fingerprint density at radius 1 is 1.20 bits per heavy atom. The summed E-state index contributed by atoms with van der Waals surface area (Å²) in [5.41, 5.74) is 3.76. The van der Waals surface area contributed by atoms with E-state index in [1.807, 2.05) is 17.8 Å². The minimum atomic E-state index is -0.0834. The van der Waals surface area contributed by atoms with Crippen molar-refractivity contribution < 1.29 is 0 Å². The Morgan fingerprint density at radius 3 is 2.60 bits per heavy atom.